The van der Waals surface area contributed by atoms with Crippen molar-refractivity contribution in [2.45, 2.75) is 20.4 Å². The minimum atomic E-state index is -0.148. The van der Waals surface area contributed by atoms with Gasteiger partial charge in [0.2, 0.25) is 0 Å². The van der Waals surface area contributed by atoms with Crippen LogP contribution < -0.4 is 5.32 Å². The minimum absolute atomic E-state index is 0.148. The van der Waals surface area contributed by atoms with Crippen LogP contribution in [-0.4, -0.2) is 18.0 Å². The third-order valence-corrected chi connectivity index (χ3v) is 2.95. The molecule has 1 aromatic heterocycles. The number of amides is 2. The van der Waals surface area contributed by atoms with Gasteiger partial charge in [0.15, 0.2) is 0 Å². The maximum Gasteiger partial charge on any atom is 0.322 e. The molecule has 1 aromatic carbocycles. The minimum Gasteiger partial charge on any atom is -0.467 e. The summed E-state index contributed by atoms with van der Waals surface area (Å²) >= 11 is 0. The Kier molecular flexibility index (Phi) is 3.90. The fourth-order valence-electron chi connectivity index (χ4n) is 1.79. The highest BCUT2D eigenvalue weighted by atomic mass is 16.3. The molecule has 0 spiro atoms. The maximum atomic E-state index is 12.1. The molecular formula is C15H18N2O2. The van der Waals surface area contributed by atoms with Crippen LogP contribution in [0.5, 0.6) is 0 Å². The van der Waals surface area contributed by atoms with Crippen molar-refractivity contribution < 1.29 is 9.21 Å². The Hall–Kier alpha value is -2.23. The van der Waals surface area contributed by atoms with Crippen LogP contribution in [0.2, 0.25) is 0 Å². The number of furan rings is 1. The Labute approximate surface area is 113 Å². The summed E-state index contributed by atoms with van der Waals surface area (Å²) in [6.45, 7) is 4.42. The quantitative estimate of drug-likeness (QED) is 0.914. The van der Waals surface area contributed by atoms with Gasteiger partial charge in [0.25, 0.3) is 0 Å². The van der Waals surface area contributed by atoms with Crippen molar-refractivity contribution >= 4 is 11.7 Å². The van der Waals surface area contributed by atoms with Crippen molar-refractivity contribution in [1.82, 2.24) is 4.90 Å². The second-order valence-electron chi connectivity index (χ2n) is 4.68. The first-order valence-electron chi connectivity index (χ1n) is 6.18. The van der Waals surface area contributed by atoms with E-state index in [-0.39, 0.29) is 6.03 Å². The van der Waals surface area contributed by atoms with Crippen LogP contribution in [0.15, 0.2) is 41.0 Å². The molecule has 4 nitrogen and oxygen atoms in total. The van der Waals surface area contributed by atoms with Gasteiger partial charge in [-0.05, 0) is 43.2 Å². The van der Waals surface area contributed by atoms with E-state index in [2.05, 4.69) is 5.32 Å². The number of anilines is 1. The van der Waals surface area contributed by atoms with Crippen LogP contribution in [0, 0.1) is 13.8 Å². The molecule has 0 atom stereocenters. The molecule has 1 heterocycles. The van der Waals surface area contributed by atoms with Crippen molar-refractivity contribution in [2.75, 3.05) is 12.4 Å². The molecule has 0 radical (unpaired) electrons. The Morgan fingerprint density at radius 3 is 2.79 bits per heavy atom. The van der Waals surface area contributed by atoms with Crippen LogP contribution in [0.3, 0.4) is 0 Å². The van der Waals surface area contributed by atoms with Crippen molar-refractivity contribution in [3.63, 3.8) is 0 Å². The first kappa shape index (κ1) is 13.2. The predicted octanol–water partition coefficient (Wildman–Crippen LogP) is 3.56. The highest BCUT2D eigenvalue weighted by Gasteiger charge is 2.11. The van der Waals surface area contributed by atoms with Crippen molar-refractivity contribution in [2.24, 2.45) is 0 Å². The average molecular weight is 258 g/mol. The van der Waals surface area contributed by atoms with E-state index in [1.165, 1.54) is 0 Å². The fraction of sp³-hybridized carbons (Fsp3) is 0.267. The molecular weight excluding hydrogens is 240 g/mol. The Bertz CT molecular complexity index is 562. The van der Waals surface area contributed by atoms with Gasteiger partial charge in [-0.2, -0.15) is 0 Å². The van der Waals surface area contributed by atoms with E-state index in [1.54, 1.807) is 18.2 Å². The molecule has 0 aliphatic rings. The molecule has 100 valence electrons. The van der Waals surface area contributed by atoms with Gasteiger partial charge in [0, 0.05) is 12.7 Å². The van der Waals surface area contributed by atoms with Crippen molar-refractivity contribution in [3.8, 4) is 0 Å². The SMILES string of the molecule is Cc1ccc(C)c(NC(=O)N(C)Cc2ccco2)c1. The topological polar surface area (TPSA) is 45.5 Å². The summed E-state index contributed by atoms with van der Waals surface area (Å²) in [6.07, 6.45) is 1.60. The molecule has 0 saturated carbocycles. The first-order valence-corrected chi connectivity index (χ1v) is 6.18. The lowest BCUT2D eigenvalue weighted by molar-refractivity contribution is 0.217. The van der Waals surface area contributed by atoms with Crippen LogP contribution in [0.1, 0.15) is 16.9 Å². The summed E-state index contributed by atoms with van der Waals surface area (Å²) in [5.74, 6) is 0.763. The average Bonchev–Trinajstić information content (AvgIpc) is 2.86. The molecule has 2 rings (SSSR count). The van der Waals surface area contributed by atoms with Gasteiger partial charge < -0.3 is 14.6 Å². The molecule has 2 amide bonds. The van der Waals surface area contributed by atoms with Crippen LogP contribution in [0.25, 0.3) is 0 Å². The van der Waals surface area contributed by atoms with E-state index in [0.717, 1.165) is 22.6 Å². The number of benzene rings is 1. The third-order valence-electron chi connectivity index (χ3n) is 2.95. The Balaban J connectivity index is 2.02. The summed E-state index contributed by atoms with van der Waals surface area (Å²) < 4.78 is 5.23. The number of urea groups is 1. The molecule has 0 aliphatic heterocycles. The summed E-state index contributed by atoms with van der Waals surface area (Å²) in [4.78, 5) is 13.7. The number of hydrogen-bond donors (Lipinski definition) is 1. The fourth-order valence-corrected chi connectivity index (χ4v) is 1.79. The molecule has 1 N–H and O–H groups in total. The van der Waals surface area contributed by atoms with Crippen LogP contribution >= 0.6 is 0 Å². The summed E-state index contributed by atoms with van der Waals surface area (Å²) in [5.41, 5.74) is 3.01. The lowest BCUT2D eigenvalue weighted by atomic mass is 10.1. The molecule has 19 heavy (non-hydrogen) atoms. The summed E-state index contributed by atoms with van der Waals surface area (Å²) in [7, 11) is 1.74. The molecule has 0 bridgehead atoms. The normalized spacial score (nSPS) is 10.3. The summed E-state index contributed by atoms with van der Waals surface area (Å²) in [5, 5.41) is 2.91. The smallest absolute Gasteiger partial charge is 0.322 e. The lowest BCUT2D eigenvalue weighted by Crippen LogP contribution is -2.30. The van der Waals surface area contributed by atoms with Crippen LogP contribution in [-0.2, 0) is 6.54 Å². The van der Waals surface area contributed by atoms with Crippen molar-refractivity contribution in [3.05, 3.63) is 53.5 Å². The molecule has 4 heteroatoms. The standard InChI is InChI=1S/C15H18N2O2/c1-11-6-7-12(2)14(9-11)16-15(18)17(3)10-13-5-4-8-19-13/h4-9H,10H2,1-3H3,(H,16,18). The number of carbonyl (C=O) groups is 1. The summed E-state index contributed by atoms with van der Waals surface area (Å²) in [6, 6.07) is 9.50. The van der Waals surface area contributed by atoms with E-state index in [9.17, 15) is 4.79 Å². The van der Waals surface area contributed by atoms with Crippen molar-refractivity contribution in [1.29, 1.82) is 0 Å². The first-order chi connectivity index (χ1) is 9.06. The van der Waals surface area contributed by atoms with Gasteiger partial charge in [0.05, 0.1) is 12.8 Å². The molecule has 0 saturated heterocycles. The maximum absolute atomic E-state index is 12.1. The van der Waals surface area contributed by atoms with Gasteiger partial charge in [-0.15, -0.1) is 0 Å². The molecule has 2 aromatic rings. The largest absolute Gasteiger partial charge is 0.467 e. The molecule has 0 unspecified atom stereocenters. The number of nitrogens with zero attached hydrogens (tertiary/aromatic N) is 1. The van der Waals surface area contributed by atoms with Crippen LogP contribution in [0.4, 0.5) is 10.5 Å². The number of aryl methyl sites for hydroxylation is 2. The zero-order valence-electron chi connectivity index (χ0n) is 11.4. The number of nitrogens with one attached hydrogen (secondary N) is 1. The zero-order chi connectivity index (χ0) is 13.8. The van der Waals surface area contributed by atoms with Gasteiger partial charge in [-0.25, -0.2) is 4.79 Å². The molecule has 0 fully saturated rings. The second kappa shape index (κ2) is 5.61. The zero-order valence-corrected chi connectivity index (χ0v) is 11.4. The van der Waals surface area contributed by atoms with Gasteiger partial charge >= 0.3 is 6.03 Å². The van der Waals surface area contributed by atoms with Gasteiger partial charge in [-0.1, -0.05) is 12.1 Å². The highest BCUT2D eigenvalue weighted by molar-refractivity contribution is 5.90. The third kappa shape index (κ3) is 3.37. The van der Waals surface area contributed by atoms with Gasteiger partial charge in [0.1, 0.15) is 5.76 Å². The number of rotatable bonds is 3. The van der Waals surface area contributed by atoms with E-state index in [1.807, 2.05) is 44.2 Å². The monoisotopic (exact) mass is 258 g/mol. The predicted molar refractivity (Wildman–Crippen MR) is 75.1 cm³/mol. The molecule has 0 aliphatic carbocycles. The Morgan fingerprint density at radius 2 is 2.11 bits per heavy atom. The number of carbonyl (C=O) groups excluding carboxylic acids is 1. The second-order valence-corrected chi connectivity index (χ2v) is 4.68. The highest BCUT2D eigenvalue weighted by Crippen LogP contribution is 2.17. The Morgan fingerprint density at radius 1 is 1.32 bits per heavy atom. The lowest BCUT2D eigenvalue weighted by Gasteiger charge is -2.18. The number of hydrogen-bond acceptors (Lipinski definition) is 2. The van der Waals surface area contributed by atoms with E-state index < -0.39 is 0 Å². The van der Waals surface area contributed by atoms with E-state index in [4.69, 9.17) is 4.42 Å². The van der Waals surface area contributed by atoms with Gasteiger partial charge in [-0.3, -0.25) is 0 Å². The van der Waals surface area contributed by atoms with E-state index in [0.29, 0.717) is 6.54 Å². The van der Waals surface area contributed by atoms with E-state index >= 15 is 0 Å².